The molecule has 0 unspecified atom stereocenters. The second-order valence-corrected chi connectivity index (χ2v) is 9.85. The Morgan fingerprint density at radius 1 is 1.37 bits per heavy atom. The average Bonchev–Trinajstić information content (AvgIpc) is 3.15. The zero-order valence-corrected chi connectivity index (χ0v) is 21.6. The first-order chi connectivity index (χ1) is 16.5. The summed E-state index contributed by atoms with van der Waals surface area (Å²) >= 11 is 1.99. The second kappa shape index (κ2) is 11.2. The van der Waals surface area contributed by atoms with E-state index in [-0.39, 0.29) is 24.3 Å². The molecule has 2 heterocycles. The second-order valence-electron chi connectivity index (χ2n) is 9.22. The summed E-state index contributed by atoms with van der Waals surface area (Å²) in [6.07, 6.45) is -2.13. The van der Waals surface area contributed by atoms with Gasteiger partial charge in [0.05, 0.1) is 47.5 Å². The quantitative estimate of drug-likeness (QED) is 0.168. The maximum Gasteiger partial charge on any atom is 0.330 e. The third-order valence-electron chi connectivity index (χ3n) is 5.63. The van der Waals surface area contributed by atoms with E-state index in [1.165, 1.54) is 12.3 Å². The normalized spacial score (nSPS) is 21.1. The number of ether oxygens (including phenoxy) is 3. The van der Waals surface area contributed by atoms with Crippen molar-refractivity contribution in [3.63, 3.8) is 0 Å². The van der Waals surface area contributed by atoms with Crippen LogP contribution >= 0.6 is 22.6 Å². The summed E-state index contributed by atoms with van der Waals surface area (Å²) in [6.45, 7) is 4.89. The van der Waals surface area contributed by atoms with Crippen LogP contribution in [-0.2, 0) is 16.1 Å². The van der Waals surface area contributed by atoms with Gasteiger partial charge in [0, 0.05) is 12.6 Å². The van der Waals surface area contributed by atoms with Crippen molar-refractivity contribution >= 4 is 28.3 Å². The van der Waals surface area contributed by atoms with Crippen LogP contribution in [0.15, 0.2) is 34.0 Å². The van der Waals surface area contributed by atoms with Gasteiger partial charge in [-0.2, -0.15) is 0 Å². The fraction of sp³-hybridized carbons (Fsp3) is 0.545. The van der Waals surface area contributed by atoms with Crippen molar-refractivity contribution in [3.05, 3.63) is 66.5 Å². The molecule has 12 nitrogen and oxygen atoms in total. The fourth-order valence-corrected chi connectivity index (χ4v) is 4.29. The van der Waals surface area contributed by atoms with Crippen LogP contribution in [0.5, 0.6) is 5.75 Å². The van der Waals surface area contributed by atoms with Gasteiger partial charge in [-0.1, -0.05) is 20.8 Å². The Labute approximate surface area is 214 Å². The number of nitrogens with zero attached hydrogens (tertiary/aromatic N) is 2. The topological polar surface area (TPSA) is 166 Å². The van der Waals surface area contributed by atoms with Crippen LogP contribution in [0, 0.1) is 15.5 Å². The summed E-state index contributed by atoms with van der Waals surface area (Å²) in [4.78, 5) is 38.3. The zero-order chi connectivity index (χ0) is 25.9. The Morgan fingerprint density at radius 2 is 2.09 bits per heavy atom. The number of aliphatic hydroxyl groups is 2. The molecular weight excluding hydrogens is 577 g/mol. The number of aromatic amines is 1. The summed E-state index contributed by atoms with van der Waals surface area (Å²) in [5, 5.41) is 31.1. The molecule has 0 aliphatic carbocycles. The lowest BCUT2D eigenvalue weighted by molar-refractivity contribution is -0.386. The van der Waals surface area contributed by atoms with E-state index < -0.39 is 52.7 Å². The van der Waals surface area contributed by atoms with Gasteiger partial charge in [-0.3, -0.25) is 24.5 Å². The summed E-state index contributed by atoms with van der Waals surface area (Å²) in [6, 6.07) is 4.53. The molecule has 35 heavy (non-hydrogen) atoms. The summed E-state index contributed by atoms with van der Waals surface area (Å²) in [5.41, 5.74) is -1.75. The number of aromatic nitrogens is 2. The van der Waals surface area contributed by atoms with E-state index in [1.54, 1.807) is 12.1 Å². The molecule has 0 amide bonds. The summed E-state index contributed by atoms with van der Waals surface area (Å²) in [5.74, 6) is 0.353. The van der Waals surface area contributed by atoms with E-state index >= 15 is 0 Å². The number of H-pyrrole nitrogens is 1. The maximum absolute atomic E-state index is 12.5. The highest BCUT2D eigenvalue weighted by Gasteiger charge is 2.36. The van der Waals surface area contributed by atoms with E-state index in [1.807, 2.05) is 43.4 Å². The van der Waals surface area contributed by atoms with Gasteiger partial charge in [-0.15, -0.1) is 0 Å². The van der Waals surface area contributed by atoms with Crippen LogP contribution in [-0.4, -0.2) is 48.1 Å². The number of nitro benzene ring substituents is 1. The summed E-state index contributed by atoms with van der Waals surface area (Å²) in [7, 11) is 0. The number of nitro groups is 1. The van der Waals surface area contributed by atoms with Crippen molar-refractivity contribution in [1.82, 2.24) is 9.55 Å². The Balaban J connectivity index is 1.92. The lowest BCUT2D eigenvalue weighted by atomic mass is 9.84. The Kier molecular flexibility index (Phi) is 8.69. The molecule has 0 radical (unpaired) electrons. The van der Waals surface area contributed by atoms with E-state index in [0.717, 1.165) is 4.57 Å². The van der Waals surface area contributed by atoms with Crippen molar-refractivity contribution < 1.29 is 29.3 Å². The van der Waals surface area contributed by atoms with Crippen LogP contribution in [0.1, 0.15) is 50.7 Å². The Morgan fingerprint density at radius 3 is 2.66 bits per heavy atom. The molecule has 1 saturated heterocycles. The van der Waals surface area contributed by atoms with Crippen LogP contribution in [0.25, 0.3) is 0 Å². The molecule has 0 spiro atoms. The van der Waals surface area contributed by atoms with E-state index in [2.05, 4.69) is 4.98 Å². The van der Waals surface area contributed by atoms with Gasteiger partial charge >= 0.3 is 5.69 Å². The van der Waals surface area contributed by atoms with Crippen molar-refractivity contribution in [1.29, 1.82) is 0 Å². The van der Waals surface area contributed by atoms with Gasteiger partial charge in [0.2, 0.25) is 0 Å². The van der Waals surface area contributed by atoms with Gasteiger partial charge in [-0.25, -0.2) is 4.79 Å². The van der Waals surface area contributed by atoms with Gasteiger partial charge in [-0.05, 0) is 40.1 Å². The molecule has 0 bridgehead atoms. The third-order valence-corrected chi connectivity index (χ3v) is 5.94. The smallest absolute Gasteiger partial charge is 0.330 e. The molecule has 1 aromatic heterocycles. The van der Waals surface area contributed by atoms with Gasteiger partial charge in [0.1, 0.15) is 22.7 Å². The van der Waals surface area contributed by atoms with Crippen molar-refractivity contribution in [2.45, 2.75) is 58.3 Å². The number of hydrogen-bond donors (Lipinski definition) is 3. The molecule has 192 valence electrons. The molecule has 13 heteroatoms. The number of aliphatic hydroxyl groups excluding tert-OH is 2. The van der Waals surface area contributed by atoms with Crippen LogP contribution in [0.4, 0.5) is 5.69 Å². The van der Waals surface area contributed by atoms with Gasteiger partial charge < -0.3 is 24.4 Å². The van der Waals surface area contributed by atoms with Crippen LogP contribution in [0.2, 0.25) is 0 Å². The van der Waals surface area contributed by atoms with Crippen molar-refractivity contribution in [3.8, 4) is 5.75 Å². The maximum atomic E-state index is 12.5. The molecule has 4 atom stereocenters. The first-order valence-electron chi connectivity index (χ1n) is 10.8. The lowest BCUT2D eigenvalue weighted by Crippen LogP contribution is -2.35. The summed E-state index contributed by atoms with van der Waals surface area (Å²) < 4.78 is 18.4. The number of nitrogens with one attached hydrogen (secondary N) is 1. The molecule has 3 rings (SSSR count). The van der Waals surface area contributed by atoms with Crippen LogP contribution in [0.3, 0.4) is 0 Å². The first kappa shape index (κ1) is 27.3. The van der Waals surface area contributed by atoms with E-state index in [0.29, 0.717) is 15.9 Å². The molecule has 1 aromatic carbocycles. The minimum Gasteiger partial charge on any atom is -0.483 e. The number of rotatable bonds is 9. The largest absolute Gasteiger partial charge is 0.483 e. The first-order valence-corrected chi connectivity index (χ1v) is 12.4. The lowest BCUT2D eigenvalue weighted by Gasteiger charge is -2.31. The predicted octanol–water partition coefficient (Wildman–Crippen LogP) is 2.16. The fourth-order valence-electron chi connectivity index (χ4n) is 3.93. The van der Waals surface area contributed by atoms with Gasteiger partial charge in [0.15, 0.2) is 0 Å². The highest BCUT2D eigenvalue weighted by molar-refractivity contribution is 14.1. The molecule has 1 aliphatic heterocycles. The standard InChI is InChI=1S/C22H28IN3O9/c1-22(2,3)19(14-5-4-13(34-11-23)6-15(14)26(31)32)33-10-12-8-25(21(30)24-20(12)29)18-7-16(28)17(9-27)35-18/h4-6,8,16-19,27-28H,7,9-11H2,1-3H3,(H,24,29,30)/t16-,17+,18+,19+/m0/s1. The Hall–Kier alpha value is -2.33. The highest BCUT2D eigenvalue weighted by Crippen LogP contribution is 2.42. The van der Waals surface area contributed by atoms with E-state index in [4.69, 9.17) is 14.2 Å². The predicted molar refractivity (Wildman–Crippen MR) is 133 cm³/mol. The van der Waals surface area contributed by atoms with E-state index in [9.17, 15) is 29.9 Å². The van der Waals surface area contributed by atoms with Crippen molar-refractivity contribution in [2.24, 2.45) is 5.41 Å². The number of alkyl halides is 1. The SMILES string of the molecule is CC(C)(C)[C@H](OCc1cn([C@H]2C[C@H](O)[C@@H](CO)O2)c(=O)[nH]c1=O)c1ccc(OCI)cc1[N+](=O)[O-]. The zero-order valence-electron chi connectivity index (χ0n) is 19.5. The number of hydrogen-bond acceptors (Lipinski definition) is 9. The average molecular weight is 605 g/mol. The van der Waals surface area contributed by atoms with Gasteiger partial charge in [0.25, 0.3) is 11.2 Å². The molecule has 1 aliphatic rings. The molecule has 0 saturated carbocycles. The van der Waals surface area contributed by atoms with Crippen molar-refractivity contribution in [2.75, 3.05) is 11.2 Å². The number of benzene rings is 1. The molecule has 1 fully saturated rings. The minimum atomic E-state index is -0.964. The molecule has 2 aromatic rings. The number of halogens is 1. The third kappa shape index (κ3) is 6.27. The molecular formula is C22H28IN3O9. The highest BCUT2D eigenvalue weighted by atomic mass is 127. The minimum absolute atomic E-state index is 0.0555. The Bertz CT molecular complexity index is 1170. The molecule has 3 N–H and O–H groups in total. The van der Waals surface area contributed by atoms with Crippen LogP contribution < -0.4 is 16.0 Å². The monoisotopic (exact) mass is 605 g/mol.